The van der Waals surface area contributed by atoms with Crippen molar-refractivity contribution in [3.63, 3.8) is 0 Å². The molecule has 1 atom stereocenters. The van der Waals surface area contributed by atoms with Crippen LogP contribution in [0.4, 0.5) is 0 Å². The van der Waals surface area contributed by atoms with Crippen molar-refractivity contribution < 1.29 is 14.6 Å². The number of hydrogen-bond acceptors (Lipinski definition) is 4. The van der Waals surface area contributed by atoms with Gasteiger partial charge in [0.25, 0.3) is 5.91 Å². The molecule has 0 aliphatic carbocycles. The first-order valence-electron chi connectivity index (χ1n) is 7.68. The minimum Gasteiger partial charge on any atom is -0.456 e. The predicted octanol–water partition coefficient (Wildman–Crippen LogP) is 3.01. The molecule has 122 valence electrons. The fraction of sp³-hybridized carbons (Fsp3) is 0.333. The summed E-state index contributed by atoms with van der Waals surface area (Å²) in [4.78, 5) is 16.2. The highest BCUT2D eigenvalue weighted by molar-refractivity contribution is 5.94. The lowest BCUT2D eigenvalue weighted by Gasteiger charge is -2.18. The maximum Gasteiger partial charge on any atom is 0.251 e. The van der Waals surface area contributed by atoms with Crippen LogP contribution in [0.15, 0.2) is 48.8 Å². The van der Waals surface area contributed by atoms with Gasteiger partial charge in [0.2, 0.25) is 0 Å². The molecule has 5 heteroatoms. The van der Waals surface area contributed by atoms with Crippen molar-refractivity contribution in [3.8, 4) is 11.5 Å². The number of nitrogens with zero attached hydrogens (tertiary/aromatic N) is 1. The first kappa shape index (κ1) is 17.0. The fourth-order valence-electron chi connectivity index (χ4n) is 2.23. The van der Waals surface area contributed by atoms with Gasteiger partial charge in [-0.25, -0.2) is 0 Å². The molecule has 1 unspecified atom stereocenters. The highest BCUT2D eigenvalue weighted by Gasteiger charge is 2.14. The first-order chi connectivity index (χ1) is 11.1. The van der Waals surface area contributed by atoms with E-state index in [9.17, 15) is 9.90 Å². The van der Waals surface area contributed by atoms with E-state index in [-0.39, 0.29) is 18.6 Å². The van der Waals surface area contributed by atoms with Crippen molar-refractivity contribution in [1.82, 2.24) is 10.3 Å². The average Bonchev–Trinajstić information content (AvgIpc) is 2.55. The number of carbonyl (C=O) groups excluding carboxylic acids is 1. The molecule has 5 nitrogen and oxygen atoms in total. The molecule has 2 aromatic rings. The maximum absolute atomic E-state index is 12.2. The van der Waals surface area contributed by atoms with E-state index in [1.165, 1.54) is 0 Å². The lowest BCUT2D eigenvalue weighted by atomic mass is 10.0. The van der Waals surface area contributed by atoms with Crippen molar-refractivity contribution >= 4 is 5.91 Å². The van der Waals surface area contributed by atoms with E-state index < -0.39 is 0 Å². The molecule has 2 N–H and O–H groups in total. The molecular weight excluding hydrogens is 292 g/mol. The van der Waals surface area contributed by atoms with Crippen LogP contribution in [0.3, 0.4) is 0 Å². The maximum atomic E-state index is 12.2. The lowest BCUT2D eigenvalue weighted by Crippen LogP contribution is -2.38. The first-order valence-corrected chi connectivity index (χ1v) is 7.68. The van der Waals surface area contributed by atoms with Crippen LogP contribution in [0, 0.1) is 5.92 Å². The van der Waals surface area contributed by atoms with Crippen LogP contribution in [0.5, 0.6) is 11.5 Å². The molecule has 0 fully saturated rings. The van der Waals surface area contributed by atoms with E-state index in [0.29, 0.717) is 23.0 Å². The van der Waals surface area contributed by atoms with E-state index in [2.05, 4.69) is 24.1 Å². The number of aliphatic hydroxyl groups excluding tert-OH is 1. The molecule has 0 saturated heterocycles. The summed E-state index contributed by atoms with van der Waals surface area (Å²) in [6.07, 6.45) is 4.04. The normalized spacial score (nSPS) is 12.0. The summed E-state index contributed by atoms with van der Waals surface area (Å²) < 4.78 is 5.63. The van der Waals surface area contributed by atoms with Crippen LogP contribution in [-0.2, 0) is 0 Å². The van der Waals surface area contributed by atoms with Gasteiger partial charge in [0.05, 0.1) is 18.8 Å². The van der Waals surface area contributed by atoms with Crippen molar-refractivity contribution in [3.05, 3.63) is 54.4 Å². The third-order valence-electron chi connectivity index (χ3n) is 3.30. The minimum absolute atomic E-state index is 0.0634. The summed E-state index contributed by atoms with van der Waals surface area (Å²) in [7, 11) is 0. The molecule has 0 spiro atoms. The zero-order valence-electron chi connectivity index (χ0n) is 13.4. The van der Waals surface area contributed by atoms with E-state index in [4.69, 9.17) is 4.74 Å². The minimum atomic E-state index is -0.228. The predicted molar refractivity (Wildman–Crippen MR) is 88.5 cm³/mol. The number of rotatable bonds is 7. The van der Waals surface area contributed by atoms with Crippen LogP contribution < -0.4 is 10.1 Å². The molecule has 2 rings (SSSR count). The number of carbonyl (C=O) groups is 1. The summed E-state index contributed by atoms with van der Waals surface area (Å²) >= 11 is 0. The number of aliphatic hydroxyl groups is 1. The van der Waals surface area contributed by atoms with E-state index in [1.807, 2.05) is 6.07 Å². The number of nitrogens with one attached hydrogen (secondary N) is 1. The number of pyridine rings is 1. The zero-order valence-corrected chi connectivity index (χ0v) is 13.4. The van der Waals surface area contributed by atoms with Crippen LogP contribution in [0.1, 0.15) is 30.6 Å². The number of aromatic nitrogens is 1. The van der Waals surface area contributed by atoms with Gasteiger partial charge in [0.1, 0.15) is 11.5 Å². The van der Waals surface area contributed by atoms with Gasteiger partial charge in [-0.3, -0.25) is 9.78 Å². The molecule has 0 radical (unpaired) electrons. The van der Waals surface area contributed by atoms with Crippen LogP contribution >= 0.6 is 0 Å². The molecule has 1 heterocycles. The Labute approximate surface area is 136 Å². The smallest absolute Gasteiger partial charge is 0.251 e. The highest BCUT2D eigenvalue weighted by Crippen LogP contribution is 2.20. The van der Waals surface area contributed by atoms with Crippen molar-refractivity contribution in [2.75, 3.05) is 6.61 Å². The molecule has 0 aliphatic heterocycles. The van der Waals surface area contributed by atoms with Gasteiger partial charge in [-0.1, -0.05) is 13.8 Å². The van der Waals surface area contributed by atoms with Crippen molar-refractivity contribution in [1.29, 1.82) is 0 Å². The Kier molecular flexibility index (Phi) is 6.11. The topological polar surface area (TPSA) is 71.5 Å². The molecule has 0 aliphatic rings. The average molecular weight is 314 g/mol. The molecule has 1 aromatic carbocycles. The Bertz CT molecular complexity index is 612. The number of amides is 1. The Morgan fingerprint density at radius 1 is 1.22 bits per heavy atom. The van der Waals surface area contributed by atoms with Gasteiger partial charge in [0.15, 0.2) is 0 Å². The van der Waals surface area contributed by atoms with E-state index >= 15 is 0 Å². The lowest BCUT2D eigenvalue weighted by molar-refractivity contribution is 0.0908. The second-order valence-electron chi connectivity index (χ2n) is 5.80. The molecule has 23 heavy (non-hydrogen) atoms. The van der Waals surface area contributed by atoms with Gasteiger partial charge in [-0.15, -0.1) is 0 Å². The second-order valence-corrected chi connectivity index (χ2v) is 5.80. The highest BCUT2D eigenvalue weighted by atomic mass is 16.5. The molecule has 1 aromatic heterocycles. The van der Waals surface area contributed by atoms with E-state index in [0.717, 1.165) is 6.42 Å². The summed E-state index contributed by atoms with van der Waals surface area (Å²) in [6, 6.07) is 10.2. The van der Waals surface area contributed by atoms with Crippen molar-refractivity contribution in [2.45, 2.75) is 26.3 Å². The molecule has 0 saturated carbocycles. The summed E-state index contributed by atoms with van der Waals surface area (Å²) in [5.74, 6) is 1.48. The van der Waals surface area contributed by atoms with Gasteiger partial charge < -0.3 is 15.2 Å². The SMILES string of the molecule is CC(C)CC(CO)NC(=O)c1ccc(Oc2cccnc2)cc1. The Hall–Kier alpha value is -2.40. The summed E-state index contributed by atoms with van der Waals surface area (Å²) in [5.41, 5.74) is 0.533. The number of benzene rings is 1. The number of ether oxygens (including phenoxy) is 1. The molecular formula is C18H22N2O3. The standard InChI is InChI=1S/C18H22N2O3/c1-13(2)10-15(12-21)20-18(22)14-5-7-16(8-6-14)23-17-4-3-9-19-11-17/h3-9,11,13,15,21H,10,12H2,1-2H3,(H,20,22). The quantitative estimate of drug-likeness (QED) is 0.824. The monoisotopic (exact) mass is 314 g/mol. The third kappa shape index (κ3) is 5.38. The van der Waals surface area contributed by atoms with Crippen LogP contribution in [-0.4, -0.2) is 28.6 Å². The summed E-state index contributed by atoms with van der Waals surface area (Å²) in [5, 5.41) is 12.2. The van der Waals surface area contributed by atoms with Gasteiger partial charge in [-0.05, 0) is 48.7 Å². The largest absolute Gasteiger partial charge is 0.456 e. The fourth-order valence-corrected chi connectivity index (χ4v) is 2.23. The van der Waals surface area contributed by atoms with Gasteiger partial charge >= 0.3 is 0 Å². The van der Waals surface area contributed by atoms with E-state index in [1.54, 1.807) is 42.7 Å². The van der Waals surface area contributed by atoms with Gasteiger partial charge in [-0.2, -0.15) is 0 Å². The summed E-state index contributed by atoms with van der Waals surface area (Å²) in [6.45, 7) is 4.05. The van der Waals surface area contributed by atoms with Crippen molar-refractivity contribution in [2.24, 2.45) is 5.92 Å². The molecule has 1 amide bonds. The van der Waals surface area contributed by atoms with Gasteiger partial charge in [0, 0.05) is 11.8 Å². The second kappa shape index (κ2) is 8.29. The molecule has 0 bridgehead atoms. The third-order valence-corrected chi connectivity index (χ3v) is 3.30. The Balaban J connectivity index is 1.97. The number of hydrogen-bond donors (Lipinski definition) is 2. The van der Waals surface area contributed by atoms with Crippen LogP contribution in [0.2, 0.25) is 0 Å². The zero-order chi connectivity index (χ0) is 16.7. The Morgan fingerprint density at radius 3 is 2.52 bits per heavy atom. The Morgan fingerprint density at radius 2 is 1.96 bits per heavy atom. The van der Waals surface area contributed by atoms with Crippen LogP contribution in [0.25, 0.3) is 0 Å².